The predicted octanol–water partition coefficient (Wildman–Crippen LogP) is 4.33. The first-order chi connectivity index (χ1) is 14.5. The van der Waals surface area contributed by atoms with Gasteiger partial charge in [-0.25, -0.2) is 9.48 Å². The van der Waals surface area contributed by atoms with Gasteiger partial charge in [0.05, 0.1) is 12.2 Å². The number of carbonyl (C=O) groups excluding carboxylic acids is 1. The standard InChI is InChI=1S/C22H19ClN4O3/c1-2-13-3-9-16(10-4-13)25-21(28)17-12-24-27-19(14-5-7-15(23)8-6-14)11-18(22(29)30)26-20(17)27/h3-12,19,26H,2H2,1H3,(H,25,28)(H,29,30). The highest BCUT2D eigenvalue weighted by atomic mass is 35.5. The van der Waals surface area contributed by atoms with E-state index in [9.17, 15) is 14.7 Å². The average molecular weight is 423 g/mol. The van der Waals surface area contributed by atoms with Gasteiger partial charge in [-0.1, -0.05) is 42.8 Å². The molecule has 1 unspecified atom stereocenters. The van der Waals surface area contributed by atoms with Crippen molar-refractivity contribution in [3.05, 3.63) is 88.2 Å². The number of amides is 1. The predicted molar refractivity (Wildman–Crippen MR) is 115 cm³/mol. The third-order valence-electron chi connectivity index (χ3n) is 4.94. The van der Waals surface area contributed by atoms with E-state index in [-0.39, 0.29) is 17.2 Å². The number of hydrogen-bond donors (Lipinski definition) is 3. The maximum absolute atomic E-state index is 12.9. The fraction of sp³-hybridized carbons (Fsp3) is 0.136. The van der Waals surface area contributed by atoms with Crippen molar-refractivity contribution in [2.75, 3.05) is 10.6 Å². The van der Waals surface area contributed by atoms with Crippen molar-refractivity contribution in [2.24, 2.45) is 0 Å². The van der Waals surface area contributed by atoms with E-state index < -0.39 is 12.0 Å². The zero-order valence-corrected chi connectivity index (χ0v) is 16.8. The number of nitrogens with one attached hydrogen (secondary N) is 2. The lowest BCUT2D eigenvalue weighted by Gasteiger charge is -2.24. The molecule has 0 radical (unpaired) electrons. The van der Waals surface area contributed by atoms with Crippen LogP contribution in [0.5, 0.6) is 0 Å². The number of rotatable bonds is 5. The summed E-state index contributed by atoms with van der Waals surface area (Å²) in [5.41, 5.74) is 2.84. The molecule has 152 valence electrons. The van der Waals surface area contributed by atoms with Crippen molar-refractivity contribution >= 4 is 35.0 Å². The highest BCUT2D eigenvalue weighted by Gasteiger charge is 2.29. The quantitative estimate of drug-likeness (QED) is 0.568. The summed E-state index contributed by atoms with van der Waals surface area (Å²) in [6.07, 6.45) is 3.89. The van der Waals surface area contributed by atoms with Crippen LogP contribution in [0.15, 0.2) is 66.5 Å². The Hall–Kier alpha value is -3.58. The lowest BCUT2D eigenvalue weighted by molar-refractivity contribution is -0.132. The summed E-state index contributed by atoms with van der Waals surface area (Å²) in [5.74, 6) is -1.19. The number of halogens is 1. The minimum atomic E-state index is -1.12. The van der Waals surface area contributed by atoms with Gasteiger partial charge in [0.25, 0.3) is 5.91 Å². The largest absolute Gasteiger partial charge is 0.477 e. The number of carboxylic acids is 1. The van der Waals surface area contributed by atoms with E-state index in [0.29, 0.717) is 16.5 Å². The third-order valence-corrected chi connectivity index (χ3v) is 5.20. The molecule has 0 fully saturated rings. The number of benzene rings is 2. The summed E-state index contributed by atoms with van der Waals surface area (Å²) >= 11 is 5.97. The molecule has 1 aliphatic rings. The number of hydrogen-bond acceptors (Lipinski definition) is 4. The minimum absolute atomic E-state index is 0.0238. The molecule has 8 heteroatoms. The normalized spacial score (nSPS) is 15.0. The SMILES string of the molecule is CCc1ccc(NC(=O)c2cnn3c2NC(C(=O)O)=CC3c2ccc(Cl)cc2)cc1. The van der Waals surface area contributed by atoms with E-state index >= 15 is 0 Å². The van der Waals surface area contributed by atoms with Crippen molar-refractivity contribution in [1.82, 2.24) is 9.78 Å². The Morgan fingerprint density at radius 3 is 2.50 bits per heavy atom. The van der Waals surface area contributed by atoms with E-state index in [1.165, 1.54) is 11.8 Å². The van der Waals surface area contributed by atoms with Gasteiger partial charge in [-0.15, -0.1) is 0 Å². The van der Waals surface area contributed by atoms with Crippen LogP contribution in [0.2, 0.25) is 5.02 Å². The number of fused-ring (bicyclic) bond motifs is 1. The zero-order chi connectivity index (χ0) is 21.3. The van der Waals surface area contributed by atoms with Crippen LogP contribution in [0.25, 0.3) is 0 Å². The van der Waals surface area contributed by atoms with Crippen molar-refractivity contribution < 1.29 is 14.7 Å². The van der Waals surface area contributed by atoms with Crippen LogP contribution in [0.1, 0.15) is 34.5 Å². The Morgan fingerprint density at radius 1 is 1.17 bits per heavy atom. The van der Waals surface area contributed by atoms with Crippen LogP contribution in [0.4, 0.5) is 11.5 Å². The number of carboxylic acid groups (broad SMARTS) is 1. The molecule has 0 bridgehead atoms. The molecule has 1 aliphatic heterocycles. The van der Waals surface area contributed by atoms with E-state index in [1.54, 1.807) is 35.0 Å². The summed E-state index contributed by atoms with van der Waals surface area (Å²) in [7, 11) is 0. The number of aromatic nitrogens is 2. The number of anilines is 2. The summed E-state index contributed by atoms with van der Waals surface area (Å²) < 4.78 is 1.59. The van der Waals surface area contributed by atoms with Gasteiger partial charge in [0.1, 0.15) is 17.1 Å². The van der Waals surface area contributed by atoms with Gasteiger partial charge in [-0.05, 0) is 47.9 Å². The maximum Gasteiger partial charge on any atom is 0.352 e. The van der Waals surface area contributed by atoms with Crippen LogP contribution in [0.3, 0.4) is 0 Å². The topological polar surface area (TPSA) is 96.3 Å². The lowest BCUT2D eigenvalue weighted by atomic mass is 10.0. The van der Waals surface area contributed by atoms with Crippen LogP contribution >= 0.6 is 11.6 Å². The monoisotopic (exact) mass is 422 g/mol. The maximum atomic E-state index is 12.9. The average Bonchev–Trinajstić information content (AvgIpc) is 3.18. The number of carbonyl (C=O) groups is 2. The fourth-order valence-electron chi connectivity index (χ4n) is 3.31. The van der Waals surface area contributed by atoms with Crippen LogP contribution in [0, 0.1) is 0 Å². The smallest absolute Gasteiger partial charge is 0.352 e. The second-order valence-corrected chi connectivity index (χ2v) is 7.30. The molecule has 2 aromatic carbocycles. The first kappa shape index (κ1) is 19.7. The van der Waals surface area contributed by atoms with Crippen molar-refractivity contribution in [2.45, 2.75) is 19.4 Å². The highest BCUT2D eigenvalue weighted by molar-refractivity contribution is 6.30. The molecule has 7 nitrogen and oxygen atoms in total. The van der Waals surface area contributed by atoms with Gasteiger partial charge < -0.3 is 15.7 Å². The molecule has 1 amide bonds. The molecular formula is C22H19ClN4O3. The Kier molecular flexibility index (Phi) is 5.29. The molecule has 4 rings (SSSR count). The molecule has 0 spiro atoms. The van der Waals surface area contributed by atoms with E-state index in [4.69, 9.17) is 11.6 Å². The van der Waals surface area contributed by atoms with Gasteiger partial charge in [-0.3, -0.25) is 4.79 Å². The molecule has 0 aliphatic carbocycles. The van der Waals surface area contributed by atoms with Crippen molar-refractivity contribution in [1.29, 1.82) is 0 Å². The zero-order valence-electron chi connectivity index (χ0n) is 16.1. The Labute approximate surface area is 178 Å². The summed E-state index contributed by atoms with van der Waals surface area (Å²) in [6.45, 7) is 2.06. The minimum Gasteiger partial charge on any atom is -0.477 e. The molecule has 0 saturated heterocycles. The van der Waals surface area contributed by atoms with E-state index in [2.05, 4.69) is 22.7 Å². The molecule has 3 aromatic rings. The number of aryl methyl sites for hydroxylation is 1. The van der Waals surface area contributed by atoms with Crippen LogP contribution in [-0.2, 0) is 11.2 Å². The fourth-order valence-corrected chi connectivity index (χ4v) is 3.43. The van der Waals surface area contributed by atoms with E-state index in [1.807, 2.05) is 24.3 Å². The second kappa shape index (κ2) is 8.04. The first-order valence-electron chi connectivity index (χ1n) is 9.41. The number of aliphatic carboxylic acids is 1. The Bertz CT molecular complexity index is 1130. The van der Waals surface area contributed by atoms with Gasteiger partial charge in [0.15, 0.2) is 0 Å². The summed E-state index contributed by atoms with van der Waals surface area (Å²) in [4.78, 5) is 24.5. The number of nitrogens with zero attached hydrogens (tertiary/aromatic N) is 2. The lowest BCUT2D eigenvalue weighted by Crippen LogP contribution is -2.25. The van der Waals surface area contributed by atoms with E-state index in [0.717, 1.165) is 12.0 Å². The highest BCUT2D eigenvalue weighted by Crippen LogP contribution is 2.33. The molecule has 3 N–H and O–H groups in total. The van der Waals surface area contributed by atoms with Crippen LogP contribution < -0.4 is 10.6 Å². The van der Waals surface area contributed by atoms with Crippen LogP contribution in [-0.4, -0.2) is 26.8 Å². The molecule has 1 aromatic heterocycles. The van der Waals surface area contributed by atoms with Crippen molar-refractivity contribution in [3.63, 3.8) is 0 Å². The molecular weight excluding hydrogens is 404 g/mol. The summed E-state index contributed by atoms with van der Waals surface area (Å²) in [6, 6.07) is 14.1. The molecule has 30 heavy (non-hydrogen) atoms. The van der Waals surface area contributed by atoms with Gasteiger partial charge in [0, 0.05) is 10.7 Å². The third kappa shape index (κ3) is 3.79. The Balaban J connectivity index is 1.68. The number of allylic oxidation sites excluding steroid dienone is 1. The van der Waals surface area contributed by atoms with Gasteiger partial charge >= 0.3 is 5.97 Å². The second-order valence-electron chi connectivity index (χ2n) is 6.86. The van der Waals surface area contributed by atoms with Gasteiger partial charge in [0.2, 0.25) is 0 Å². The summed E-state index contributed by atoms with van der Waals surface area (Å²) in [5, 5.41) is 20.1. The van der Waals surface area contributed by atoms with Gasteiger partial charge in [-0.2, -0.15) is 5.10 Å². The first-order valence-corrected chi connectivity index (χ1v) is 9.79. The molecule has 0 saturated carbocycles. The molecule has 1 atom stereocenters. The molecule has 2 heterocycles. The Morgan fingerprint density at radius 2 is 1.87 bits per heavy atom. The van der Waals surface area contributed by atoms with Crippen molar-refractivity contribution in [3.8, 4) is 0 Å².